The molecule has 2 rings (SSSR count). The first-order chi connectivity index (χ1) is 12.5. The summed E-state index contributed by atoms with van der Waals surface area (Å²) in [5.74, 6) is 0.178. The van der Waals surface area contributed by atoms with Crippen LogP contribution >= 0.6 is 24.0 Å². The first-order valence-electron chi connectivity index (χ1n) is 8.54. The fourth-order valence-electron chi connectivity index (χ4n) is 2.50. The number of guanidine groups is 1. The van der Waals surface area contributed by atoms with E-state index in [-0.39, 0.29) is 36.4 Å². The molecule has 0 saturated heterocycles. The molecular weight excluding hydrogens is 458 g/mol. The quantitative estimate of drug-likeness (QED) is 0.333. The van der Waals surface area contributed by atoms with Crippen LogP contribution in [0, 0.1) is 12.7 Å². The summed E-state index contributed by atoms with van der Waals surface area (Å²) >= 11 is 0. The SMILES string of the molecule is CN=C(NCC(=O)Nc1cccc(F)c1)NCC(C)c1cccc(C)c1.I. The molecule has 1 amide bonds. The molecule has 0 bridgehead atoms. The van der Waals surface area contributed by atoms with Gasteiger partial charge in [0.1, 0.15) is 5.82 Å². The van der Waals surface area contributed by atoms with Crippen molar-refractivity contribution in [2.24, 2.45) is 4.99 Å². The number of aryl methyl sites for hydroxylation is 1. The van der Waals surface area contributed by atoms with E-state index in [0.717, 1.165) is 0 Å². The Kier molecular flexibility index (Phi) is 9.77. The molecule has 2 aromatic rings. The number of nitrogens with one attached hydrogen (secondary N) is 3. The van der Waals surface area contributed by atoms with Crippen molar-refractivity contribution in [3.05, 3.63) is 65.5 Å². The van der Waals surface area contributed by atoms with Crippen molar-refractivity contribution in [3.8, 4) is 0 Å². The highest BCUT2D eigenvalue weighted by atomic mass is 127. The summed E-state index contributed by atoms with van der Waals surface area (Å²) in [6, 6.07) is 14.2. The first kappa shape index (κ1) is 22.9. The van der Waals surface area contributed by atoms with E-state index in [4.69, 9.17) is 0 Å². The minimum absolute atomic E-state index is 0. The van der Waals surface area contributed by atoms with Gasteiger partial charge in [-0.2, -0.15) is 0 Å². The predicted molar refractivity (Wildman–Crippen MR) is 119 cm³/mol. The van der Waals surface area contributed by atoms with Crippen LogP contribution in [0.1, 0.15) is 24.0 Å². The van der Waals surface area contributed by atoms with Crippen LogP contribution < -0.4 is 16.0 Å². The second kappa shape index (κ2) is 11.5. The van der Waals surface area contributed by atoms with Crippen molar-refractivity contribution < 1.29 is 9.18 Å². The maximum absolute atomic E-state index is 13.1. The Labute approximate surface area is 176 Å². The Morgan fingerprint density at radius 1 is 1.15 bits per heavy atom. The molecule has 146 valence electrons. The molecule has 3 N–H and O–H groups in total. The molecule has 27 heavy (non-hydrogen) atoms. The van der Waals surface area contributed by atoms with Gasteiger partial charge in [-0.05, 0) is 36.6 Å². The summed E-state index contributed by atoms with van der Waals surface area (Å²) in [5.41, 5.74) is 2.90. The number of rotatable bonds is 6. The smallest absolute Gasteiger partial charge is 0.243 e. The van der Waals surface area contributed by atoms with E-state index in [9.17, 15) is 9.18 Å². The first-order valence-corrected chi connectivity index (χ1v) is 8.54. The van der Waals surface area contributed by atoms with Crippen LogP contribution in [-0.4, -0.2) is 32.0 Å². The van der Waals surface area contributed by atoms with Gasteiger partial charge in [0.2, 0.25) is 5.91 Å². The van der Waals surface area contributed by atoms with Crippen molar-refractivity contribution >= 4 is 41.5 Å². The molecular formula is C20H26FIN4O. The van der Waals surface area contributed by atoms with Gasteiger partial charge in [0.15, 0.2) is 5.96 Å². The zero-order valence-electron chi connectivity index (χ0n) is 15.8. The zero-order valence-corrected chi connectivity index (χ0v) is 18.1. The Morgan fingerprint density at radius 3 is 2.56 bits per heavy atom. The molecule has 5 nitrogen and oxygen atoms in total. The second-order valence-electron chi connectivity index (χ2n) is 6.18. The summed E-state index contributed by atoms with van der Waals surface area (Å²) in [7, 11) is 1.65. The van der Waals surface area contributed by atoms with Crippen LogP contribution in [0.2, 0.25) is 0 Å². The number of benzene rings is 2. The van der Waals surface area contributed by atoms with Crippen molar-refractivity contribution in [1.82, 2.24) is 10.6 Å². The highest BCUT2D eigenvalue weighted by Gasteiger charge is 2.08. The van der Waals surface area contributed by atoms with E-state index in [1.165, 1.54) is 23.3 Å². The normalized spacial score (nSPS) is 11.9. The lowest BCUT2D eigenvalue weighted by Gasteiger charge is -2.16. The lowest BCUT2D eigenvalue weighted by molar-refractivity contribution is -0.115. The molecule has 1 unspecified atom stereocenters. The number of nitrogens with zero attached hydrogens (tertiary/aromatic N) is 1. The molecule has 0 fully saturated rings. The third-order valence-electron chi connectivity index (χ3n) is 3.94. The number of carbonyl (C=O) groups is 1. The molecule has 0 aliphatic carbocycles. The predicted octanol–water partition coefficient (Wildman–Crippen LogP) is 3.66. The van der Waals surface area contributed by atoms with Crippen LogP contribution in [-0.2, 0) is 4.79 Å². The molecule has 0 spiro atoms. The van der Waals surface area contributed by atoms with Gasteiger partial charge in [-0.3, -0.25) is 9.79 Å². The lowest BCUT2D eigenvalue weighted by atomic mass is 9.99. The van der Waals surface area contributed by atoms with Gasteiger partial charge in [0, 0.05) is 19.3 Å². The topological polar surface area (TPSA) is 65.5 Å². The number of anilines is 1. The highest BCUT2D eigenvalue weighted by molar-refractivity contribution is 14.0. The maximum Gasteiger partial charge on any atom is 0.243 e. The van der Waals surface area contributed by atoms with E-state index >= 15 is 0 Å². The summed E-state index contributed by atoms with van der Waals surface area (Å²) in [6.07, 6.45) is 0. The highest BCUT2D eigenvalue weighted by Crippen LogP contribution is 2.15. The molecule has 7 heteroatoms. The summed E-state index contributed by atoms with van der Waals surface area (Å²) in [5, 5.41) is 8.80. The Bertz CT molecular complexity index is 782. The molecule has 0 radical (unpaired) electrons. The van der Waals surface area contributed by atoms with Crippen molar-refractivity contribution in [3.63, 3.8) is 0 Å². The number of aliphatic imine (C=N–C) groups is 1. The van der Waals surface area contributed by atoms with E-state index < -0.39 is 5.82 Å². The summed E-state index contributed by atoms with van der Waals surface area (Å²) < 4.78 is 13.1. The Morgan fingerprint density at radius 2 is 1.89 bits per heavy atom. The number of hydrogen-bond donors (Lipinski definition) is 3. The molecule has 0 saturated carbocycles. The minimum Gasteiger partial charge on any atom is -0.356 e. The Hall–Kier alpha value is -2.16. The largest absolute Gasteiger partial charge is 0.356 e. The molecule has 0 aliphatic heterocycles. The van der Waals surface area contributed by atoms with E-state index in [2.05, 4.69) is 53.0 Å². The number of amides is 1. The second-order valence-corrected chi connectivity index (χ2v) is 6.18. The van der Waals surface area contributed by atoms with Crippen LogP contribution in [0.25, 0.3) is 0 Å². The van der Waals surface area contributed by atoms with E-state index in [1.54, 1.807) is 19.2 Å². The van der Waals surface area contributed by atoms with Gasteiger partial charge in [0.25, 0.3) is 0 Å². The fraction of sp³-hybridized carbons (Fsp3) is 0.300. The number of hydrogen-bond acceptors (Lipinski definition) is 2. The van der Waals surface area contributed by atoms with Gasteiger partial charge >= 0.3 is 0 Å². The van der Waals surface area contributed by atoms with Crippen LogP contribution in [0.15, 0.2) is 53.5 Å². The maximum atomic E-state index is 13.1. The van der Waals surface area contributed by atoms with Crippen LogP contribution in [0.3, 0.4) is 0 Å². The molecule has 0 aromatic heterocycles. The van der Waals surface area contributed by atoms with Gasteiger partial charge in [-0.25, -0.2) is 4.39 Å². The van der Waals surface area contributed by atoms with E-state index in [0.29, 0.717) is 24.1 Å². The summed E-state index contributed by atoms with van der Waals surface area (Å²) in [6.45, 7) is 4.93. The lowest BCUT2D eigenvalue weighted by Crippen LogP contribution is -2.42. The molecule has 0 heterocycles. The van der Waals surface area contributed by atoms with Gasteiger partial charge < -0.3 is 16.0 Å². The van der Waals surface area contributed by atoms with Crippen LogP contribution in [0.5, 0.6) is 0 Å². The van der Waals surface area contributed by atoms with Gasteiger partial charge in [-0.15, -0.1) is 24.0 Å². The van der Waals surface area contributed by atoms with Crippen molar-refractivity contribution in [2.75, 3.05) is 25.5 Å². The molecule has 0 aliphatic rings. The average molecular weight is 484 g/mol. The van der Waals surface area contributed by atoms with Gasteiger partial charge in [-0.1, -0.05) is 42.8 Å². The van der Waals surface area contributed by atoms with E-state index in [1.807, 2.05) is 6.07 Å². The molecule has 2 aromatic carbocycles. The number of halogens is 2. The fourth-order valence-corrected chi connectivity index (χ4v) is 2.50. The van der Waals surface area contributed by atoms with Crippen LogP contribution in [0.4, 0.5) is 10.1 Å². The van der Waals surface area contributed by atoms with Crippen molar-refractivity contribution in [2.45, 2.75) is 19.8 Å². The third-order valence-corrected chi connectivity index (χ3v) is 3.94. The van der Waals surface area contributed by atoms with Crippen molar-refractivity contribution in [1.29, 1.82) is 0 Å². The number of carbonyl (C=O) groups excluding carboxylic acids is 1. The molecule has 1 atom stereocenters. The zero-order chi connectivity index (χ0) is 18.9. The van der Waals surface area contributed by atoms with Gasteiger partial charge in [0.05, 0.1) is 6.54 Å². The Balaban J connectivity index is 0.00000364. The minimum atomic E-state index is -0.390. The third kappa shape index (κ3) is 7.94. The average Bonchev–Trinajstić information content (AvgIpc) is 2.61. The summed E-state index contributed by atoms with van der Waals surface area (Å²) in [4.78, 5) is 16.1. The monoisotopic (exact) mass is 484 g/mol. The standard InChI is InChI=1S/C20H25FN4O.HI/c1-14-6-4-7-16(10-14)15(2)12-23-20(22-3)24-13-19(26)25-18-9-5-8-17(21)11-18;/h4-11,15H,12-13H2,1-3H3,(H,25,26)(H2,22,23,24);1H.